The lowest BCUT2D eigenvalue weighted by atomic mass is 10.2. The summed E-state index contributed by atoms with van der Waals surface area (Å²) < 4.78 is 21.1. The number of imidazole rings is 1. The van der Waals surface area contributed by atoms with Crippen LogP contribution in [0.15, 0.2) is 30.6 Å². The molecule has 2 rings (SSSR count). The summed E-state index contributed by atoms with van der Waals surface area (Å²) in [6, 6.07) is 5.19. The van der Waals surface area contributed by atoms with E-state index in [0.29, 0.717) is 24.6 Å². The third-order valence-electron chi connectivity index (χ3n) is 3.24. The molecule has 0 aliphatic heterocycles. The summed E-state index contributed by atoms with van der Waals surface area (Å²) in [7, 11) is 1.47. The average molecular weight is 291 g/mol. The van der Waals surface area contributed by atoms with Gasteiger partial charge < -0.3 is 14.6 Å². The topological polar surface area (TPSA) is 39.1 Å². The van der Waals surface area contributed by atoms with Crippen molar-refractivity contribution in [2.45, 2.75) is 26.9 Å². The van der Waals surface area contributed by atoms with Crippen molar-refractivity contribution in [2.24, 2.45) is 5.92 Å². The number of benzene rings is 1. The molecule has 0 amide bonds. The highest BCUT2D eigenvalue weighted by atomic mass is 19.1. The van der Waals surface area contributed by atoms with Crippen LogP contribution >= 0.6 is 0 Å². The van der Waals surface area contributed by atoms with Crippen LogP contribution in [-0.2, 0) is 13.1 Å². The normalized spacial score (nSPS) is 11.1. The van der Waals surface area contributed by atoms with E-state index >= 15 is 0 Å². The highest BCUT2D eigenvalue weighted by Gasteiger charge is 2.10. The van der Waals surface area contributed by atoms with Gasteiger partial charge in [0, 0.05) is 18.0 Å². The van der Waals surface area contributed by atoms with Crippen LogP contribution in [0.2, 0.25) is 0 Å². The molecule has 114 valence electrons. The van der Waals surface area contributed by atoms with Crippen molar-refractivity contribution in [3.05, 3.63) is 47.8 Å². The van der Waals surface area contributed by atoms with Gasteiger partial charge in [-0.2, -0.15) is 0 Å². The van der Waals surface area contributed by atoms with E-state index in [1.54, 1.807) is 24.4 Å². The van der Waals surface area contributed by atoms with E-state index in [2.05, 4.69) is 24.1 Å². The summed E-state index contributed by atoms with van der Waals surface area (Å²) in [5, 5.41) is 3.35. The predicted octanol–water partition coefficient (Wildman–Crippen LogP) is 2.82. The van der Waals surface area contributed by atoms with Crippen LogP contribution < -0.4 is 10.1 Å². The van der Waals surface area contributed by atoms with Crippen molar-refractivity contribution in [1.82, 2.24) is 14.9 Å². The van der Waals surface area contributed by atoms with Crippen LogP contribution in [0.4, 0.5) is 4.39 Å². The molecular weight excluding hydrogens is 269 g/mol. The number of halogens is 1. The van der Waals surface area contributed by atoms with Crippen molar-refractivity contribution in [1.29, 1.82) is 0 Å². The maximum atomic E-state index is 14.2. The summed E-state index contributed by atoms with van der Waals surface area (Å²) in [6.45, 7) is 6.37. The summed E-state index contributed by atoms with van der Waals surface area (Å²) >= 11 is 0. The monoisotopic (exact) mass is 291 g/mol. The van der Waals surface area contributed by atoms with Crippen LogP contribution in [-0.4, -0.2) is 23.2 Å². The summed E-state index contributed by atoms with van der Waals surface area (Å²) in [6.07, 6.45) is 3.61. The van der Waals surface area contributed by atoms with Crippen molar-refractivity contribution in [3.8, 4) is 5.75 Å². The summed E-state index contributed by atoms with van der Waals surface area (Å²) in [5.74, 6) is 1.45. The predicted molar refractivity (Wildman–Crippen MR) is 80.8 cm³/mol. The summed E-state index contributed by atoms with van der Waals surface area (Å²) in [5.41, 5.74) is 0.595. The van der Waals surface area contributed by atoms with E-state index < -0.39 is 0 Å². The van der Waals surface area contributed by atoms with E-state index in [-0.39, 0.29) is 11.6 Å². The molecule has 0 spiro atoms. The second-order valence-corrected chi connectivity index (χ2v) is 5.43. The van der Waals surface area contributed by atoms with Gasteiger partial charge in [0.05, 0.1) is 20.2 Å². The molecule has 0 saturated heterocycles. The number of rotatable bonds is 7. The number of aromatic nitrogens is 2. The fourth-order valence-electron chi connectivity index (χ4n) is 2.14. The molecular formula is C16H22FN3O. The first-order valence-electron chi connectivity index (χ1n) is 7.14. The molecule has 0 radical (unpaired) electrons. The Kier molecular flexibility index (Phi) is 5.33. The molecule has 4 nitrogen and oxygen atoms in total. The summed E-state index contributed by atoms with van der Waals surface area (Å²) in [4.78, 5) is 4.33. The Hall–Kier alpha value is -1.88. The molecule has 1 heterocycles. The van der Waals surface area contributed by atoms with E-state index in [1.807, 2.05) is 10.8 Å². The smallest absolute Gasteiger partial charge is 0.170 e. The minimum absolute atomic E-state index is 0.270. The van der Waals surface area contributed by atoms with Gasteiger partial charge in [0.25, 0.3) is 0 Å². The highest BCUT2D eigenvalue weighted by molar-refractivity contribution is 5.31. The Morgan fingerprint density at radius 1 is 1.38 bits per heavy atom. The van der Waals surface area contributed by atoms with Gasteiger partial charge in [-0.25, -0.2) is 9.37 Å². The van der Waals surface area contributed by atoms with Crippen molar-refractivity contribution in [3.63, 3.8) is 0 Å². The van der Waals surface area contributed by atoms with E-state index in [4.69, 9.17) is 4.74 Å². The molecule has 5 heteroatoms. The minimum Gasteiger partial charge on any atom is -0.494 e. The molecule has 0 bridgehead atoms. The van der Waals surface area contributed by atoms with E-state index in [0.717, 1.165) is 12.4 Å². The first-order valence-corrected chi connectivity index (χ1v) is 7.14. The van der Waals surface area contributed by atoms with Crippen LogP contribution in [0.25, 0.3) is 0 Å². The zero-order valence-corrected chi connectivity index (χ0v) is 12.8. The molecule has 1 aromatic heterocycles. The molecule has 21 heavy (non-hydrogen) atoms. The largest absolute Gasteiger partial charge is 0.494 e. The number of methoxy groups -OCH3 is 1. The number of nitrogens with zero attached hydrogens (tertiary/aromatic N) is 2. The Bertz CT molecular complexity index is 581. The lowest BCUT2D eigenvalue weighted by Crippen LogP contribution is -2.21. The molecule has 1 N–H and O–H groups in total. The van der Waals surface area contributed by atoms with Crippen LogP contribution in [0, 0.1) is 11.7 Å². The van der Waals surface area contributed by atoms with E-state index in [1.165, 1.54) is 7.11 Å². The van der Waals surface area contributed by atoms with Crippen LogP contribution in [0.3, 0.4) is 0 Å². The first-order chi connectivity index (χ1) is 10.1. The standard InChI is InChI=1S/C16H22FN3O/c1-12(2)9-18-10-15-19-7-8-20(15)11-13-5-4-6-14(21-3)16(13)17/h4-8,12,18H,9-11H2,1-3H3. The molecule has 2 aromatic rings. The van der Waals surface area contributed by atoms with Crippen molar-refractivity contribution in [2.75, 3.05) is 13.7 Å². The van der Waals surface area contributed by atoms with Crippen molar-refractivity contribution >= 4 is 0 Å². The van der Waals surface area contributed by atoms with Crippen LogP contribution in [0.5, 0.6) is 5.75 Å². The van der Waals surface area contributed by atoms with E-state index in [9.17, 15) is 4.39 Å². The zero-order valence-electron chi connectivity index (χ0n) is 12.8. The third-order valence-corrected chi connectivity index (χ3v) is 3.24. The maximum absolute atomic E-state index is 14.2. The zero-order chi connectivity index (χ0) is 15.2. The number of nitrogens with one attached hydrogen (secondary N) is 1. The number of hydrogen-bond acceptors (Lipinski definition) is 3. The third kappa shape index (κ3) is 4.04. The SMILES string of the molecule is COc1cccc(Cn2ccnc2CNCC(C)C)c1F. The fraction of sp³-hybridized carbons (Fsp3) is 0.438. The second-order valence-electron chi connectivity index (χ2n) is 5.43. The van der Waals surface area contributed by atoms with Gasteiger partial charge in [0.15, 0.2) is 11.6 Å². The molecule has 0 saturated carbocycles. The van der Waals surface area contributed by atoms with Gasteiger partial charge in [0.2, 0.25) is 0 Å². The number of hydrogen-bond donors (Lipinski definition) is 1. The molecule has 1 aromatic carbocycles. The van der Waals surface area contributed by atoms with Gasteiger partial charge in [-0.15, -0.1) is 0 Å². The van der Waals surface area contributed by atoms with Gasteiger partial charge in [-0.05, 0) is 18.5 Å². The molecule has 0 aliphatic carbocycles. The van der Waals surface area contributed by atoms with Crippen LogP contribution in [0.1, 0.15) is 25.2 Å². The van der Waals surface area contributed by atoms with Crippen molar-refractivity contribution < 1.29 is 9.13 Å². The molecule has 0 aliphatic rings. The Balaban J connectivity index is 2.08. The van der Waals surface area contributed by atoms with Gasteiger partial charge in [-0.1, -0.05) is 26.0 Å². The lowest BCUT2D eigenvalue weighted by Gasteiger charge is -2.12. The highest BCUT2D eigenvalue weighted by Crippen LogP contribution is 2.21. The van der Waals surface area contributed by atoms with Gasteiger partial charge in [-0.3, -0.25) is 0 Å². The quantitative estimate of drug-likeness (QED) is 0.852. The lowest BCUT2D eigenvalue weighted by molar-refractivity contribution is 0.383. The number of ether oxygens (including phenoxy) is 1. The Morgan fingerprint density at radius 3 is 2.90 bits per heavy atom. The molecule has 0 fully saturated rings. The second kappa shape index (κ2) is 7.22. The van der Waals surface area contributed by atoms with Gasteiger partial charge >= 0.3 is 0 Å². The maximum Gasteiger partial charge on any atom is 0.170 e. The fourth-order valence-corrected chi connectivity index (χ4v) is 2.14. The Morgan fingerprint density at radius 2 is 2.19 bits per heavy atom. The molecule has 0 unspecified atom stereocenters. The molecule has 0 atom stereocenters. The minimum atomic E-state index is -0.310. The first kappa shape index (κ1) is 15.5. The average Bonchev–Trinajstić information content (AvgIpc) is 2.88. The Labute approximate surface area is 125 Å². The van der Waals surface area contributed by atoms with Gasteiger partial charge in [0.1, 0.15) is 5.82 Å².